The summed E-state index contributed by atoms with van der Waals surface area (Å²) < 4.78 is 0. The normalized spacial score (nSPS) is 13.9. The molecule has 0 aromatic rings. The molecule has 0 aromatic carbocycles. The number of ketones is 1. The van der Waals surface area contributed by atoms with E-state index in [-0.39, 0.29) is 5.92 Å². The number of carbonyl (C=O) groups is 1. The van der Waals surface area contributed by atoms with E-state index in [1.165, 1.54) is 23.1 Å². The van der Waals surface area contributed by atoms with Gasteiger partial charge in [0.15, 0.2) is 0 Å². The fraction of sp³-hybridized carbons (Fsp3) is 0.650. The quantitative estimate of drug-likeness (QED) is 0.290. The average molecular weight is 369 g/mol. The Morgan fingerprint density at radius 3 is 1.91 bits per heavy atom. The van der Waals surface area contributed by atoms with Crippen molar-refractivity contribution in [2.75, 3.05) is 5.33 Å². The molecule has 0 aliphatic heterocycles. The van der Waals surface area contributed by atoms with Crippen LogP contribution in [0, 0.1) is 5.92 Å². The molecule has 0 rings (SSSR count). The van der Waals surface area contributed by atoms with Gasteiger partial charge < -0.3 is 0 Å². The van der Waals surface area contributed by atoms with E-state index in [4.69, 9.17) is 0 Å². The van der Waals surface area contributed by atoms with Crippen LogP contribution < -0.4 is 0 Å². The smallest absolute Gasteiger partial charge is 0.146 e. The van der Waals surface area contributed by atoms with Crippen molar-refractivity contribution in [3.63, 3.8) is 0 Å². The molecule has 0 spiro atoms. The summed E-state index contributed by atoms with van der Waals surface area (Å²) in [5.41, 5.74) is 4.33. The minimum Gasteiger partial charge on any atom is -0.298 e. The third-order valence-electron chi connectivity index (χ3n) is 3.90. The molecule has 1 nitrogen and oxygen atoms in total. The van der Waals surface area contributed by atoms with Crippen LogP contribution in [0.4, 0.5) is 0 Å². The van der Waals surface area contributed by atoms with Crippen LogP contribution in [0.1, 0.15) is 73.1 Å². The van der Waals surface area contributed by atoms with Crippen LogP contribution >= 0.6 is 15.9 Å². The number of hydrogen-bond donors (Lipinski definition) is 0. The number of Topliss-reactive ketones (excluding diaryl/α,β-unsaturated/α-hetero) is 1. The zero-order valence-electron chi connectivity index (χ0n) is 15.0. The summed E-state index contributed by atoms with van der Waals surface area (Å²) in [5.74, 6) is 0.474. The zero-order valence-corrected chi connectivity index (χ0v) is 16.6. The molecule has 0 heterocycles. The van der Waals surface area contributed by atoms with Crippen LogP contribution in [0.3, 0.4) is 0 Å². The van der Waals surface area contributed by atoms with Crippen molar-refractivity contribution < 1.29 is 4.79 Å². The van der Waals surface area contributed by atoms with Gasteiger partial charge in [-0.3, -0.25) is 4.79 Å². The molecule has 1 atom stereocenters. The van der Waals surface area contributed by atoms with E-state index in [1.54, 1.807) is 0 Å². The molecular formula is C20H33BrO. The monoisotopic (exact) mass is 368 g/mol. The highest BCUT2D eigenvalue weighted by Crippen LogP contribution is 2.14. The van der Waals surface area contributed by atoms with Crippen molar-refractivity contribution in [2.45, 2.75) is 73.1 Å². The average Bonchev–Trinajstić information content (AvgIpc) is 2.45. The summed E-state index contributed by atoms with van der Waals surface area (Å²) in [5, 5.41) is 0.480. The summed E-state index contributed by atoms with van der Waals surface area (Å²) >= 11 is 3.23. The van der Waals surface area contributed by atoms with Gasteiger partial charge >= 0.3 is 0 Å². The van der Waals surface area contributed by atoms with Crippen molar-refractivity contribution in [1.29, 1.82) is 0 Å². The van der Waals surface area contributed by atoms with Crippen LogP contribution in [-0.2, 0) is 4.79 Å². The third kappa shape index (κ3) is 12.0. The fourth-order valence-corrected chi connectivity index (χ4v) is 2.76. The van der Waals surface area contributed by atoms with Gasteiger partial charge in [-0.25, -0.2) is 0 Å². The lowest BCUT2D eigenvalue weighted by atomic mass is 10.00. The molecule has 2 heteroatoms. The topological polar surface area (TPSA) is 17.1 Å². The lowest BCUT2D eigenvalue weighted by Gasteiger charge is -2.06. The van der Waals surface area contributed by atoms with Gasteiger partial charge in [0.05, 0.1) is 5.33 Å². The molecule has 0 aliphatic rings. The molecule has 0 bridgehead atoms. The van der Waals surface area contributed by atoms with Gasteiger partial charge in [-0.05, 0) is 66.2 Å². The molecule has 0 radical (unpaired) electrons. The summed E-state index contributed by atoms with van der Waals surface area (Å²) in [6.07, 6.45) is 13.5. The molecule has 0 saturated carbocycles. The maximum atomic E-state index is 11.5. The number of halogens is 1. The molecule has 0 amide bonds. The summed E-state index contributed by atoms with van der Waals surface area (Å²) in [7, 11) is 0. The van der Waals surface area contributed by atoms with E-state index in [0.717, 1.165) is 32.1 Å². The highest BCUT2D eigenvalue weighted by atomic mass is 79.9. The zero-order chi connectivity index (χ0) is 17.0. The van der Waals surface area contributed by atoms with Gasteiger partial charge in [0.25, 0.3) is 0 Å². The van der Waals surface area contributed by atoms with Crippen molar-refractivity contribution in [1.82, 2.24) is 0 Å². The van der Waals surface area contributed by atoms with E-state index in [9.17, 15) is 4.79 Å². The Labute approximate surface area is 146 Å². The van der Waals surface area contributed by atoms with Crippen molar-refractivity contribution >= 4 is 21.7 Å². The minimum atomic E-state index is 0.167. The molecule has 1 unspecified atom stereocenters. The molecule has 0 saturated heterocycles. The Morgan fingerprint density at radius 1 is 0.909 bits per heavy atom. The first-order chi connectivity index (χ1) is 10.4. The minimum absolute atomic E-state index is 0.167. The largest absolute Gasteiger partial charge is 0.298 e. The molecular weight excluding hydrogens is 336 g/mol. The maximum absolute atomic E-state index is 11.5. The van der Waals surface area contributed by atoms with Gasteiger partial charge in [0, 0.05) is 5.92 Å². The predicted octanol–water partition coefficient (Wildman–Crippen LogP) is 6.79. The van der Waals surface area contributed by atoms with E-state index in [1.807, 2.05) is 6.92 Å². The van der Waals surface area contributed by atoms with Crippen LogP contribution in [0.25, 0.3) is 0 Å². The lowest BCUT2D eigenvalue weighted by Crippen LogP contribution is -2.11. The Bertz CT molecular complexity index is 411. The number of hydrogen-bond acceptors (Lipinski definition) is 1. The predicted molar refractivity (Wildman–Crippen MR) is 103 cm³/mol. The molecule has 0 N–H and O–H groups in total. The first-order valence-corrected chi connectivity index (χ1v) is 9.52. The SMILES string of the molecule is CC(C)=CCC/C(C)=C/CC/C(C)=C/CCC(C)C(=O)CBr. The highest BCUT2D eigenvalue weighted by molar-refractivity contribution is 9.09. The molecule has 0 aromatic heterocycles. The number of rotatable bonds is 11. The maximum Gasteiger partial charge on any atom is 0.146 e. The van der Waals surface area contributed by atoms with E-state index in [0.29, 0.717) is 11.1 Å². The molecule has 0 fully saturated rings. The van der Waals surface area contributed by atoms with E-state index in [2.05, 4.69) is 61.9 Å². The third-order valence-corrected chi connectivity index (χ3v) is 4.45. The van der Waals surface area contributed by atoms with Crippen molar-refractivity contribution in [3.8, 4) is 0 Å². The summed E-state index contributed by atoms with van der Waals surface area (Å²) in [4.78, 5) is 11.5. The second kappa shape index (κ2) is 12.9. The highest BCUT2D eigenvalue weighted by Gasteiger charge is 2.09. The van der Waals surface area contributed by atoms with Gasteiger partial charge in [0.1, 0.15) is 5.78 Å². The summed E-state index contributed by atoms with van der Waals surface area (Å²) in [6, 6.07) is 0. The van der Waals surface area contributed by atoms with Gasteiger partial charge in [-0.15, -0.1) is 0 Å². The van der Waals surface area contributed by atoms with Crippen molar-refractivity contribution in [3.05, 3.63) is 34.9 Å². The first-order valence-electron chi connectivity index (χ1n) is 8.40. The van der Waals surface area contributed by atoms with Gasteiger partial charge in [0.2, 0.25) is 0 Å². The lowest BCUT2D eigenvalue weighted by molar-refractivity contribution is -0.119. The number of allylic oxidation sites excluding steroid dienone is 6. The van der Waals surface area contributed by atoms with Crippen LogP contribution in [0.15, 0.2) is 34.9 Å². The van der Waals surface area contributed by atoms with E-state index >= 15 is 0 Å². The second-order valence-electron chi connectivity index (χ2n) is 6.54. The van der Waals surface area contributed by atoms with E-state index < -0.39 is 0 Å². The summed E-state index contributed by atoms with van der Waals surface area (Å²) in [6.45, 7) is 10.7. The van der Waals surface area contributed by atoms with Crippen LogP contribution in [0.5, 0.6) is 0 Å². The number of alkyl halides is 1. The second-order valence-corrected chi connectivity index (χ2v) is 7.10. The first kappa shape index (κ1) is 21.4. The van der Waals surface area contributed by atoms with Gasteiger partial charge in [-0.2, -0.15) is 0 Å². The Hall–Kier alpha value is -0.630. The standard InChI is InChI=1S/C20H33BrO/c1-16(2)9-6-10-17(3)11-7-12-18(4)13-8-14-19(5)20(22)15-21/h9,11,13,19H,6-8,10,12,14-15H2,1-5H3/b17-11+,18-13+. The van der Waals surface area contributed by atoms with Crippen LogP contribution in [-0.4, -0.2) is 11.1 Å². The Morgan fingerprint density at radius 2 is 1.41 bits per heavy atom. The molecule has 126 valence electrons. The fourth-order valence-electron chi connectivity index (χ4n) is 2.21. The van der Waals surface area contributed by atoms with Gasteiger partial charge in [-0.1, -0.05) is 57.8 Å². The molecule has 22 heavy (non-hydrogen) atoms. The Kier molecular flexibility index (Phi) is 12.5. The Balaban J connectivity index is 3.96. The van der Waals surface area contributed by atoms with Crippen molar-refractivity contribution in [2.24, 2.45) is 5.92 Å². The van der Waals surface area contributed by atoms with Crippen LogP contribution in [0.2, 0.25) is 0 Å². The number of carbonyl (C=O) groups excluding carboxylic acids is 1. The molecule has 0 aliphatic carbocycles.